The molecule has 0 saturated carbocycles. The van der Waals surface area contributed by atoms with Gasteiger partial charge in [-0.15, -0.1) is 0 Å². The summed E-state index contributed by atoms with van der Waals surface area (Å²) in [5.41, 5.74) is 3.13. The van der Waals surface area contributed by atoms with Crippen LogP contribution in [-0.4, -0.2) is 42.4 Å². The van der Waals surface area contributed by atoms with E-state index in [0.29, 0.717) is 0 Å². The van der Waals surface area contributed by atoms with Crippen molar-refractivity contribution in [1.29, 1.82) is 0 Å². The van der Waals surface area contributed by atoms with Gasteiger partial charge >= 0.3 is 0 Å². The number of ether oxygens (including phenoxy) is 1. The van der Waals surface area contributed by atoms with Crippen molar-refractivity contribution in [3.05, 3.63) is 59.4 Å². The van der Waals surface area contributed by atoms with Crippen LogP contribution in [-0.2, 0) is 6.42 Å². The first kappa shape index (κ1) is 18.6. The van der Waals surface area contributed by atoms with E-state index in [9.17, 15) is 4.79 Å². The molecule has 4 heteroatoms. The van der Waals surface area contributed by atoms with Crippen LogP contribution in [0.15, 0.2) is 42.7 Å². The molecule has 0 aliphatic carbocycles. The Morgan fingerprint density at radius 2 is 2.23 bits per heavy atom. The van der Waals surface area contributed by atoms with Gasteiger partial charge in [-0.05, 0) is 81.1 Å². The van der Waals surface area contributed by atoms with Gasteiger partial charge in [0, 0.05) is 30.4 Å². The van der Waals surface area contributed by atoms with Gasteiger partial charge < -0.3 is 9.64 Å². The molecule has 1 fully saturated rings. The number of rotatable bonds is 7. The highest BCUT2D eigenvalue weighted by molar-refractivity contribution is 5.99. The van der Waals surface area contributed by atoms with Gasteiger partial charge in [0.15, 0.2) is 5.78 Å². The SMILES string of the molecule is COc1ccc(C(=O)[C@H]2CCCN(CCCc3cccnc3)C2)c(C)c1. The number of pyridine rings is 1. The van der Waals surface area contributed by atoms with Crippen molar-refractivity contribution in [3.8, 4) is 5.75 Å². The quantitative estimate of drug-likeness (QED) is 0.708. The Hall–Kier alpha value is -2.20. The van der Waals surface area contributed by atoms with Gasteiger partial charge in [-0.25, -0.2) is 0 Å². The standard InChI is InChI=1S/C22H28N2O2/c1-17-14-20(26-2)9-10-21(17)22(25)19-8-5-13-24(16-19)12-4-7-18-6-3-11-23-15-18/h3,6,9-11,14-15,19H,4-5,7-8,12-13,16H2,1-2H3/t19-/m0/s1. The van der Waals surface area contributed by atoms with Gasteiger partial charge in [-0.3, -0.25) is 9.78 Å². The van der Waals surface area contributed by atoms with Gasteiger partial charge in [0.1, 0.15) is 5.75 Å². The van der Waals surface area contributed by atoms with Crippen LogP contribution in [0.1, 0.15) is 40.7 Å². The van der Waals surface area contributed by atoms with Crippen molar-refractivity contribution >= 4 is 5.78 Å². The van der Waals surface area contributed by atoms with E-state index in [2.05, 4.69) is 16.0 Å². The molecule has 0 radical (unpaired) electrons. The molecule has 4 nitrogen and oxygen atoms in total. The topological polar surface area (TPSA) is 42.4 Å². The molecule has 3 rings (SSSR count). The molecule has 0 amide bonds. The summed E-state index contributed by atoms with van der Waals surface area (Å²) in [6, 6.07) is 9.86. The monoisotopic (exact) mass is 352 g/mol. The number of likely N-dealkylation sites (tertiary alicyclic amines) is 1. The second-order valence-electron chi connectivity index (χ2n) is 7.15. The maximum atomic E-state index is 13.0. The summed E-state index contributed by atoms with van der Waals surface area (Å²) in [7, 11) is 1.65. The van der Waals surface area contributed by atoms with Gasteiger partial charge in [0.25, 0.3) is 0 Å². The Morgan fingerprint density at radius 3 is 2.96 bits per heavy atom. The predicted octanol–water partition coefficient (Wildman–Crippen LogP) is 3.93. The molecule has 1 aliphatic heterocycles. The lowest BCUT2D eigenvalue weighted by Crippen LogP contribution is -2.39. The van der Waals surface area contributed by atoms with Crippen LogP contribution in [0.5, 0.6) is 5.75 Å². The molecule has 1 saturated heterocycles. The fourth-order valence-corrected chi connectivity index (χ4v) is 3.78. The summed E-state index contributed by atoms with van der Waals surface area (Å²) in [4.78, 5) is 19.6. The van der Waals surface area contributed by atoms with E-state index < -0.39 is 0 Å². The second-order valence-corrected chi connectivity index (χ2v) is 7.15. The summed E-state index contributed by atoms with van der Waals surface area (Å²) in [5.74, 6) is 1.19. The summed E-state index contributed by atoms with van der Waals surface area (Å²) in [6.45, 7) is 5.00. The minimum Gasteiger partial charge on any atom is -0.497 e. The first-order valence-electron chi connectivity index (χ1n) is 9.47. The molecule has 0 spiro atoms. The number of carbonyl (C=O) groups is 1. The summed E-state index contributed by atoms with van der Waals surface area (Å²) in [6.07, 6.45) is 7.98. The number of Topliss-reactive ketones (excluding diaryl/α,β-unsaturated/α-hetero) is 1. The number of aromatic nitrogens is 1. The first-order valence-corrected chi connectivity index (χ1v) is 9.47. The lowest BCUT2D eigenvalue weighted by Gasteiger charge is -2.32. The number of ketones is 1. The van der Waals surface area contributed by atoms with Crippen molar-refractivity contribution in [2.24, 2.45) is 5.92 Å². The predicted molar refractivity (Wildman–Crippen MR) is 104 cm³/mol. The highest BCUT2D eigenvalue weighted by atomic mass is 16.5. The third-order valence-corrected chi connectivity index (χ3v) is 5.24. The third kappa shape index (κ3) is 4.70. The molecule has 1 atom stereocenters. The maximum absolute atomic E-state index is 13.0. The largest absolute Gasteiger partial charge is 0.497 e. The Kier molecular flexibility index (Phi) is 6.40. The van der Waals surface area contributed by atoms with E-state index in [4.69, 9.17) is 4.74 Å². The van der Waals surface area contributed by atoms with E-state index in [-0.39, 0.29) is 11.7 Å². The Morgan fingerprint density at radius 1 is 1.35 bits per heavy atom. The number of nitrogens with zero attached hydrogens (tertiary/aromatic N) is 2. The van der Waals surface area contributed by atoms with Crippen LogP contribution in [0.25, 0.3) is 0 Å². The van der Waals surface area contributed by atoms with Crippen LogP contribution in [0, 0.1) is 12.8 Å². The van der Waals surface area contributed by atoms with E-state index in [1.807, 2.05) is 43.6 Å². The van der Waals surface area contributed by atoms with Gasteiger partial charge in [-0.1, -0.05) is 6.07 Å². The molecule has 0 bridgehead atoms. The lowest BCUT2D eigenvalue weighted by atomic mass is 9.88. The van der Waals surface area contributed by atoms with Crippen molar-refractivity contribution in [1.82, 2.24) is 9.88 Å². The van der Waals surface area contributed by atoms with E-state index in [0.717, 1.165) is 62.2 Å². The zero-order valence-corrected chi connectivity index (χ0v) is 15.8. The fraction of sp³-hybridized carbons (Fsp3) is 0.455. The summed E-state index contributed by atoms with van der Waals surface area (Å²) >= 11 is 0. The zero-order chi connectivity index (χ0) is 18.4. The number of benzene rings is 1. The van der Waals surface area contributed by atoms with Crippen LogP contribution in [0.3, 0.4) is 0 Å². The van der Waals surface area contributed by atoms with Crippen LogP contribution in [0.4, 0.5) is 0 Å². The first-order chi connectivity index (χ1) is 12.7. The normalized spacial score (nSPS) is 17.8. The zero-order valence-electron chi connectivity index (χ0n) is 15.8. The molecule has 26 heavy (non-hydrogen) atoms. The van der Waals surface area contributed by atoms with Crippen molar-refractivity contribution < 1.29 is 9.53 Å². The minimum atomic E-state index is 0.106. The van der Waals surface area contributed by atoms with Crippen LogP contribution >= 0.6 is 0 Å². The molecule has 2 heterocycles. The number of hydrogen-bond acceptors (Lipinski definition) is 4. The number of methoxy groups -OCH3 is 1. The van der Waals surface area contributed by atoms with E-state index in [1.54, 1.807) is 7.11 Å². The number of hydrogen-bond donors (Lipinski definition) is 0. The highest BCUT2D eigenvalue weighted by Gasteiger charge is 2.27. The average molecular weight is 352 g/mol. The molecule has 0 unspecified atom stereocenters. The second kappa shape index (κ2) is 8.95. The Bertz CT molecular complexity index is 730. The Balaban J connectivity index is 1.55. The van der Waals surface area contributed by atoms with Crippen molar-refractivity contribution in [2.45, 2.75) is 32.6 Å². The molecular weight excluding hydrogens is 324 g/mol. The molecule has 1 aromatic heterocycles. The van der Waals surface area contributed by atoms with Gasteiger partial charge in [0.2, 0.25) is 0 Å². The molecule has 1 aliphatic rings. The number of carbonyl (C=O) groups excluding carboxylic acids is 1. The van der Waals surface area contributed by atoms with Crippen molar-refractivity contribution in [3.63, 3.8) is 0 Å². The van der Waals surface area contributed by atoms with E-state index >= 15 is 0 Å². The average Bonchev–Trinajstić information content (AvgIpc) is 2.68. The minimum absolute atomic E-state index is 0.106. The summed E-state index contributed by atoms with van der Waals surface area (Å²) < 4.78 is 5.25. The Labute approximate surface area is 156 Å². The summed E-state index contributed by atoms with van der Waals surface area (Å²) in [5, 5.41) is 0. The van der Waals surface area contributed by atoms with Crippen LogP contribution in [0.2, 0.25) is 0 Å². The van der Waals surface area contributed by atoms with Crippen molar-refractivity contribution in [2.75, 3.05) is 26.7 Å². The number of piperidine rings is 1. The highest BCUT2D eigenvalue weighted by Crippen LogP contribution is 2.25. The fourth-order valence-electron chi connectivity index (χ4n) is 3.78. The lowest BCUT2D eigenvalue weighted by molar-refractivity contribution is 0.0818. The maximum Gasteiger partial charge on any atom is 0.167 e. The molecule has 138 valence electrons. The third-order valence-electron chi connectivity index (χ3n) is 5.24. The molecular formula is C22H28N2O2. The van der Waals surface area contributed by atoms with E-state index in [1.165, 1.54) is 5.56 Å². The van der Waals surface area contributed by atoms with Crippen LogP contribution < -0.4 is 4.74 Å². The molecule has 2 aromatic rings. The number of aryl methyl sites for hydroxylation is 2. The molecule has 0 N–H and O–H groups in total. The smallest absolute Gasteiger partial charge is 0.167 e. The molecule has 1 aromatic carbocycles. The van der Waals surface area contributed by atoms with Gasteiger partial charge in [-0.2, -0.15) is 0 Å². The van der Waals surface area contributed by atoms with Gasteiger partial charge in [0.05, 0.1) is 7.11 Å².